The second kappa shape index (κ2) is 5.44. The van der Waals surface area contributed by atoms with Gasteiger partial charge in [-0.2, -0.15) is 4.98 Å². The fourth-order valence-corrected chi connectivity index (χ4v) is 1.58. The molecule has 0 fully saturated rings. The molecule has 0 aliphatic carbocycles. The highest BCUT2D eigenvalue weighted by atomic mass is 16.5. The standard InChI is InChI=1S/C13H15N3O2/c1-3-10-4-6-11(7-5-10)15-12(17)8-13-14-9(2)16-18-13/h4-7H,3,8H2,1-2H3,(H,15,17). The Morgan fingerprint density at radius 1 is 1.33 bits per heavy atom. The smallest absolute Gasteiger partial charge is 0.236 e. The molecule has 0 unspecified atom stereocenters. The predicted octanol–water partition coefficient (Wildman–Crippen LogP) is 2.12. The van der Waals surface area contributed by atoms with Crippen LogP contribution < -0.4 is 5.32 Å². The number of nitrogens with one attached hydrogen (secondary N) is 1. The Hall–Kier alpha value is -2.17. The van der Waals surface area contributed by atoms with Crippen molar-refractivity contribution in [3.05, 3.63) is 41.5 Å². The molecule has 0 atom stereocenters. The number of aromatic nitrogens is 2. The van der Waals surface area contributed by atoms with E-state index in [1.54, 1.807) is 6.92 Å². The van der Waals surface area contributed by atoms with Crippen LogP contribution in [0.4, 0.5) is 5.69 Å². The van der Waals surface area contributed by atoms with Gasteiger partial charge >= 0.3 is 0 Å². The lowest BCUT2D eigenvalue weighted by Crippen LogP contribution is -2.14. The zero-order chi connectivity index (χ0) is 13.0. The Morgan fingerprint density at radius 3 is 2.61 bits per heavy atom. The molecule has 1 aromatic carbocycles. The minimum Gasteiger partial charge on any atom is -0.339 e. The Morgan fingerprint density at radius 2 is 2.06 bits per heavy atom. The number of amides is 1. The Bertz CT molecular complexity index is 531. The first-order chi connectivity index (χ1) is 8.67. The van der Waals surface area contributed by atoms with Crippen LogP contribution in [-0.2, 0) is 17.6 Å². The monoisotopic (exact) mass is 245 g/mol. The fraction of sp³-hybridized carbons (Fsp3) is 0.308. The van der Waals surface area contributed by atoms with E-state index < -0.39 is 0 Å². The number of anilines is 1. The first-order valence-corrected chi connectivity index (χ1v) is 5.85. The summed E-state index contributed by atoms with van der Waals surface area (Å²) in [6.45, 7) is 3.81. The summed E-state index contributed by atoms with van der Waals surface area (Å²) >= 11 is 0. The highest BCUT2D eigenvalue weighted by molar-refractivity contribution is 5.91. The molecule has 1 amide bonds. The van der Waals surface area contributed by atoms with Crippen molar-refractivity contribution in [3.63, 3.8) is 0 Å². The summed E-state index contributed by atoms with van der Waals surface area (Å²) in [6.07, 6.45) is 1.08. The van der Waals surface area contributed by atoms with E-state index in [0.717, 1.165) is 12.1 Å². The molecule has 0 spiro atoms. The van der Waals surface area contributed by atoms with Gasteiger partial charge < -0.3 is 9.84 Å². The fourth-order valence-electron chi connectivity index (χ4n) is 1.58. The number of hydrogen-bond donors (Lipinski definition) is 1. The first-order valence-electron chi connectivity index (χ1n) is 5.85. The highest BCUT2D eigenvalue weighted by Gasteiger charge is 2.09. The summed E-state index contributed by atoms with van der Waals surface area (Å²) in [4.78, 5) is 15.7. The van der Waals surface area contributed by atoms with Crippen molar-refractivity contribution in [2.45, 2.75) is 26.7 Å². The summed E-state index contributed by atoms with van der Waals surface area (Å²) in [5, 5.41) is 6.42. The van der Waals surface area contributed by atoms with Gasteiger partial charge in [0.1, 0.15) is 6.42 Å². The molecule has 0 aliphatic heterocycles. The second-order valence-corrected chi connectivity index (χ2v) is 4.01. The molecule has 0 radical (unpaired) electrons. The Balaban J connectivity index is 1.94. The topological polar surface area (TPSA) is 68.0 Å². The first kappa shape index (κ1) is 12.3. The summed E-state index contributed by atoms with van der Waals surface area (Å²) in [7, 11) is 0. The average molecular weight is 245 g/mol. The van der Waals surface area contributed by atoms with Gasteiger partial charge in [0, 0.05) is 5.69 Å². The maximum atomic E-state index is 11.7. The van der Waals surface area contributed by atoms with E-state index >= 15 is 0 Å². The molecule has 0 saturated carbocycles. The van der Waals surface area contributed by atoms with Crippen LogP contribution in [0.25, 0.3) is 0 Å². The molecular formula is C13H15N3O2. The molecule has 1 aromatic heterocycles. The zero-order valence-electron chi connectivity index (χ0n) is 10.4. The number of rotatable bonds is 4. The maximum absolute atomic E-state index is 11.7. The van der Waals surface area contributed by atoms with E-state index in [-0.39, 0.29) is 12.3 Å². The summed E-state index contributed by atoms with van der Waals surface area (Å²) < 4.78 is 4.89. The van der Waals surface area contributed by atoms with Gasteiger partial charge in [0.25, 0.3) is 0 Å². The highest BCUT2D eigenvalue weighted by Crippen LogP contribution is 2.10. The van der Waals surface area contributed by atoms with Gasteiger partial charge in [0.15, 0.2) is 5.82 Å². The normalized spacial score (nSPS) is 10.3. The molecular weight excluding hydrogens is 230 g/mol. The average Bonchev–Trinajstić information content (AvgIpc) is 2.75. The van der Waals surface area contributed by atoms with Gasteiger partial charge in [-0.3, -0.25) is 4.79 Å². The minimum absolute atomic E-state index is 0.0936. The van der Waals surface area contributed by atoms with E-state index in [1.165, 1.54) is 5.56 Å². The van der Waals surface area contributed by atoms with Crippen molar-refractivity contribution in [1.29, 1.82) is 0 Å². The molecule has 18 heavy (non-hydrogen) atoms. The summed E-state index contributed by atoms with van der Waals surface area (Å²) in [6, 6.07) is 7.75. The van der Waals surface area contributed by atoms with E-state index in [1.807, 2.05) is 24.3 Å². The van der Waals surface area contributed by atoms with Crippen molar-refractivity contribution >= 4 is 11.6 Å². The molecule has 1 heterocycles. The van der Waals surface area contributed by atoms with Crippen molar-refractivity contribution < 1.29 is 9.32 Å². The van der Waals surface area contributed by atoms with Crippen LogP contribution in [0.3, 0.4) is 0 Å². The van der Waals surface area contributed by atoms with Crippen LogP contribution in [0.5, 0.6) is 0 Å². The zero-order valence-corrected chi connectivity index (χ0v) is 10.4. The van der Waals surface area contributed by atoms with Crippen LogP contribution in [0, 0.1) is 6.92 Å². The van der Waals surface area contributed by atoms with Gasteiger partial charge in [-0.05, 0) is 31.0 Å². The maximum Gasteiger partial charge on any atom is 0.236 e. The quantitative estimate of drug-likeness (QED) is 0.895. The Kier molecular flexibility index (Phi) is 3.72. The van der Waals surface area contributed by atoms with Gasteiger partial charge in [0.2, 0.25) is 11.8 Å². The third-order valence-electron chi connectivity index (χ3n) is 2.53. The van der Waals surface area contributed by atoms with Crippen molar-refractivity contribution in [2.24, 2.45) is 0 Å². The number of carbonyl (C=O) groups excluding carboxylic acids is 1. The number of hydrogen-bond acceptors (Lipinski definition) is 4. The van der Waals surface area contributed by atoms with Crippen molar-refractivity contribution in [3.8, 4) is 0 Å². The third kappa shape index (κ3) is 3.16. The van der Waals surface area contributed by atoms with Gasteiger partial charge in [-0.25, -0.2) is 0 Å². The van der Waals surface area contributed by atoms with Crippen LogP contribution in [0.2, 0.25) is 0 Å². The predicted molar refractivity (Wildman–Crippen MR) is 67.2 cm³/mol. The van der Waals surface area contributed by atoms with E-state index in [0.29, 0.717) is 11.7 Å². The van der Waals surface area contributed by atoms with Crippen LogP contribution in [0.15, 0.2) is 28.8 Å². The SMILES string of the molecule is CCc1ccc(NC(=O)Cc2nc(C)no2)cc1. The van der Waals surface area contributed by atoms with Crippen molar-refractivity contribution in [1.82, 2.24) is 10.1 Å². The number of benzene rings is 1. The summed E-state index contributed by atoms with van der Waals surface area (Å²) in [5.41, 5.74) is 2.01. The lowest BCUT2D eigenvalue weighted by Gasteiger charge is -2.04. The van der Waals surface area contributed by atoms with Gasteiger partial charge in [-0.15, -0.1) is 0 Å². The molecule has 1 N–H and O–H groups in total. The molecule has 0 aliphatic rings. The van der Waals surface area contributed by atoms with Crippen LogP contribution in [-0.4, -0.2) is 16.0 Å². The van der Waals surface area contributed by atoms with E-state index in [2.05, 4.69) is 22.4 Å². The van der Waals surface area contributed by atoms with E-state index in [9.17, 15) is 4.79 Å². The second-order valence-electron chi connectivity index (χ2n) is 4.01. The number of nitrogens with zero attached hydrogens (tertiary/aromatic N) is 2. The summed E-state index contributed by atoms with van der Waals surface area (Å²) in [5.74, 6) is 0.697. The Labute approximate surface area is 105 Å². The van der Waals surface area contributed by atoms with Gasteiger partial charge in [-0.1, -0.05) is 24.2 Å². The van der Waals surface area contributed by atoms with Crippen molar-refractivity contribution in [2.75, 3.05) is 5.32 Å². The number of carbonyl (C=O) groups is 1. The molecule has 94 valence electrons. The molecule has 2 aromatic rings. The van der Waals surface area contributed by atoms with Crippen LogP contribution in [0.1, 0.15) is 24.2 Å². The lowest BCUT2D eigenvalue weighted by molar-refractivity contribution is -0.115. The molecule has 0 bridgehead atoms. The lowest BCUT2D eigenvalue weighted by atomic mass is 10.1. The van der Waals surface area contributed by atoms with Gasteiger partial charge in [0.05, 0.1) is 0 Å². The molecule has 5 heteroatoms. The number of aryl methyl sites for hydroxylation is 2. The van der Waals surface area contributed by atoms with E-state index in [4.69, 9.17) is 4.52 Å². The molecule has 2 rings (SSSR count). The largest absolute Gasteiger partial charge is 0.339 e. The molecule has 0 saturated heterocycles. The molecule has 5 nitrogen and oxygen atoms in total. The van der Waals surface area contributed by atoms with Crippen LogP contribution >= 0.6 is 0 Å². The minimum atomic E-state index is -0.164. The third-order valence-corrected chi connectivity index (χ3v) is 2.53.